The lowest BCUT2D eigenvalue weighted by Crippen LogP contribution is -2.48. The number of carbonyl (C=O) groups is 2. The minimum atomic E-state index is -3.11. The first-order valence-corrected chi connectivity index (χ1v) is 10.9. The molecule has 0 N–H and O–H groups in total. The Morgan fingerprint density at radius 2 is 1.85 bits per heavy atom. The Bertz CT molecular complexity index is 774. The number of hydrogen-bond donors (Lipinski definition) is 0. The highest BCUT2D eigenvalue weighted by molar-refractivity contribution is 7.91. The van der Waals surface area contributed by atoms with E-state index in [-0.39, 0.29) is 29.5 Å². The first-order valence-electron chi connectivity index (χ1n) is 9.10. The van der Waals surface area contributed by atoms with Crippen molar-refractivity contribution in [2.75, 3.05) is 37.1 Å². The molecule has 1 aromatic rings. The molecule has 7 nitrogen and oxygen atoms in total. The Morgan fingerprint density at radius 3 is 2.33 bits per heavy atom. The molecule has 1 heterocycles. The van der Waals surface area contributed by atoms with E-state index in [9.17, 15) is 18.0 Å². The minimum absolute atomic E-state index is 0.0248. The summed E-state index contributed by atoms with van der Waals surface area (Å²) in [5.41, 5.74) is 1.32. The van der Waals surface area contributed by atoms with Crippen LogP contribution in [0.2, 0.25) is 0 Å². The van der Waals surface area contributed by atoms with Crippen LogP contribution in [0.4, 0.5) is 5.69 Å². The molecule has 0 spiro atoms. The van der Waals surface area contributed by atoms with Crippen molar-refractivity contribution in [2.45, 2.75) is 38.8 Å². The van der Waals surface area contributed by atoms with E-state index in [1.807, 2.05) is 32.8 Å². The van der Waals surface area contributed by atoms with Crippen molar-refractivity contribution in [3.8, 4) is 0 Å². The lowest BCUT2D eigenvalue weighted by Gasteiger charge is -2.33. The van der Waals surface area contributed by atoms with E-state index in [0.29, 0.717) is 18.4 Å². The van der Waals surface area contributed by atoms with Crippen LogP contribution < -0.4 is 4.90 Å². The first-order chi connectivity index (χ1) is 12.6. The number of ether oxygens (including phenoxy) is 1. The van der Waals surface area contributed by atoms with Gasteiger partial charge in [0, 0.05) is 31.9 Å². The van der Waals surface area contributed by atoms with E-state index in [4.69, 9.17) is 4.74 Å². The van der Waals surface area contributed by atoms with E-state index in [2.05, 4.69) is 0 Å². The van der Waals surface area contributed by atoms with Crippen molar-refractivity contribution in [1.82, 2.24) is 4.90 Å². The van der Waals surface area contributed by atoms with Gasteiger partial charge >= 0.3 is 5.97 Å². The second kappa shape index (κ2) is 8.73. The lowest BCUT2D eigenvalue weighted by molar-refractivity contribution is -0.138. The predicted molar refractivity (Wildman–Crippen MR) is 105 cm³/mol. The van der Waals surface area contributed by atoms with Crippen LogP contribution in [-0.4, -0.2) is 69.5 Å². The number of rotatable bonds is 7. The molecule has 0 saturated carbocycles. The zero-order chi connectivity index (χ0) is 20.2. The van der Waals surface area contributed by atoms with Crippen molar-refractivity contribution in [3.05, 3.63) is 29.8 Å². The van der Waals surface area contributed by atoms with Crippen molar-refractivity contribution >= 4 is 27.4 Å². The summed E-state index contributed by atoms with van der Waals surface area (Å²) in [7, 11) is 0.696. The number of carbonyl (C=O) groups excluding carboxylic acids is 2. The van der Waals surface area contributed by atoms with E-state index >= 15 is 0 Å². The molecule has 150 valence electrons. The summed E-state index contributed by atoms with van der Waals surface area (Å²) in [5.74, 6) is -0.861. The van der Waals surface area contributed by atoms with E-state index in [0.717, 1.165) is 5.69 Å². The van der Waals surface area contributed by atoms with Crippen LogP contribution in [0.3, 0.4) is 0 Å². The Kier molecular flexibility index (Phi) is 6.86. The maximum absolute atomic E-state index is 12.7. The van der Waals surface area contributed by atoms with Gasteiger partial charge in [0.05, 0.1) is 17.1 Å². The molecule has 1 aromatic carbocycles. The predicted octanol–water partition coefficient (Wildman–Crippen LogP) is 1.72. The van der Waals surface area contributed by atoms with Gasteiger partial charge in [-0.25, -0.2) is 13.2 Å². The maximum Gasteiger partial charge on any atom is 0.338 e. The van der Waals surface area contributed by atoms with Gasteiger partial charge in [-0.15, -0.1) is 0 Å². The smallest absolute Gasteiger partial charge is 0.338 e. The second-order valence-corrected chi connectivity index (χ2v) is 9.36. The standard InChI is InChI=1S/C19H28N2O5S/c1-5-14(2)21(17-10-11-27(24,25)13-17)18(22)12-26-19(23)15-6-8-16(9-7-15)20(3)4/h6-9,14,17H,5,10-13H2,1-4H3/t14-,17+/m1/s1. The third kappa shape index (κ3) is 5.45. The summed E-state index contributed by atoms with van der Waals surface area (Å²) in [6, 6.07) is 6.43. The van der Waals surface area contributed by atoms with Crippen molar-refractivity contribution < 1.29 is 22.7 Å². The van der Waals surface area contributed by atoms with Gasteiger partial charge in [0.25, 0.3) is 5.91 Å². The van der Waals surface area contributed by atoms with Gasteiger partial charge in [0.1, 0.15) is 0 Å². The summed E-state index contributed by atoms with van der Waals surface area (Å²) >= 11 is 0. The summed E-state index contributed by atoms with van der Waals surface area (Å²) in [6.07, 6.45) is 1.13. The van der Waals surface area contributed by atoms with Gasteiger partial charge in [0.15, 0.2) is 16.4 Å². The fourth-order valence-electron chi connectivity index (χ4n) is 3.18. The molecule has 0 bridgehead atoms. The number of hydrogen-bond acceptors (Lipinski definition) is 6. The number of amides is 1. The molecule has 2 atom stereocenters. The van der Waals surface area contributed by atoms with E-state index in [1.165, 1.54) is 0 Å². The zero-order valence-corrected chi connectivity index (χ0v) is 17.2. The normalized spacial score (nSPS) is 19.3. The van der Waals surface area contributed by atoms with Crippen LogP contribution in [-0.2, 0) is 19.4 Å². The van der Waals surface area contributed by atoms with Gasteiger partial charge in [-0.2, -0.15) is 0 Å². The zero-order valence-electron chi connectivity index (χ0n) is 16.3. The molecule has 1 fully saturated rings. The highest BCUT2D eigenvalue weighted by Gasteiger charge is 2.36. The van der Waals surface area contributed by atoms with Gasteiger partial charge in [-0.05, 0) is 44.0 Å². The van der Waals surface area contributed by atoms with E-state index in [1.54, 1.807) is 29.2 Å². The van der Waals surface area contributed by atoms with Crippen LogP contribution in [0, 0.1) is 0 Å². The second-order valence-electron chi connectivity index (χ2n) is 7.13. The fraction of sp³-hybridized carbons (Fsp3) is 0.579. The topological polar surface area (TPSA) is 84.0 Å². The average Bonchev–Trinajstić information content (AvgIpc) is 2.99. The van der Waals surface area contributed by atoms with Crippen LogP contribution in [0.5, 0.6) is 0 Å². The molecular weight excluding hydrogens is 368 g/mol. The molecule has 0 aliphatic carbocycles. The maximum atomic E-state index is 12.7. The van der Waals surface area contributed by atoms with Crippen LogP contribution >= 0.6 is 0 Å². The molecule has 0 aromatic heterocycles. The van der Waals surface area contributed by atoms with Crippen molar-refractivity contribution in [3.63, 3.8) is 0 Å². The molecule has 2 rings (SSSR count). The van der Waals surface area contributed by atoms with Crippen LogP contribution in [0.15, 0.2) is 24.3 Å². The average molecular weight is 397 g/mol. The van der Waals surface area contributed by atoms with E-state index < -0.39 is 22.4 Å². The largest absolute Gasteiger partial charge is 0.452 e. The SMILES string of the molecule is CC[C@@H](C)N(C(=O)COC(=O)c1ccc(N(C)C)cc1)[C@H]1CCS(=O)(=O)C1. The monoisotopic (exact) mass is 396 g/mol. The van der Waals surface area contributed by atoms with Gasteiger partial charge in [-0.3, -0.25) is 4.79 Å². The highest BCUT2D eigenvalue weighted by Crippen LogP contribution is 2.21. The molecule has 0 unspecified atom stereocenters. The van der Waals surface area contributed by atoms with Crippen LogP contribution in [0.1, 0.15) is 37.0 Å². The summed E-state index contributed by atoms with van der Waals surface area (Å²) in [6.45, 7) is 3.42. The van der Waals surface area contributed by atoms with Crippen molar-refractivity contribution in [2.24, 2.45) is 0 Å². The summed E-state index contributed by atoms with van der Waals surface area (Å²) in [4.78, 5) is 28.4. The van der Waals surface area contributed by atoms with Crippen LogP contribution in [0.25, 0.3) is 0 Å². The summed E-state index contributed by atoms with van der Waals surface area (Å²) < 4.78 is 28.7. The number of anilines is 1. The number of nitrogens with zero attached hydrogens (tertiary/aromatic N) is 2. The summed E-state index contributed by atoms with van der Waals surface area (Å²) in [5, 5.41) is 0. The first kappa shape index (κ1) is 21.2. The molecule has 0 radical (unpaired) electrons. The third-order valence-electron chi connectivity index (χ3n) is 4.90. The number of benzene rings is 1. The molecule has 1 saturated heterocycles. The third-order valence-corrected chi connectivity index (χ3v) is 6.65. The number of esters is 1. The molecular formula is C19H28N2O5S. The van der Waals surface area contributed by atoms with Gasteiger partial charge < -0.3 is 14.5 Å². The van der Waals surface area contributed by atoms with Gasteiger partial charge in [-0.1, -0.05) is 6.92 Å². The Morgan fingerprint density at radius 1 is 1.22 bits per heavy atom. The van der Waals surface area contributed by atoms with Gasteiger partial charge in [0.2, 0.25) is 0 Å². The molecule has 1 aliphatic heterocycles. The molecule has 1 aliphatic rings. The molecule has 8 heteroatoms. The molecule has 1 amide bonds. The fourth-order valence-corrected chi connectivity index (χ4v) is 4.89. The Balaban J connectivity index is 2.01. The minimum Gasteiger partial charge on any atom is -0.452 e. The highest BCUT2D eigenvalue weighted by atomic mass is 32.2. The quantitative estimate of drug-likeness (QED) is 0.653. The molecule has 27 heavy (non-hydrogen) atoms. The lowest BCUT2D eigenvalue weighted by atomic mass is 10.1. The number of sulfone groups is 1. The van der Waals surface area contributed by atoms with Crippen molar-refractivity contribution in [1.29, 1.82) is 0 Å². The Hall–Kier alpha value is -2.09. The Labute approximate surface area is 161 Å².